The van der Waals surface area contributed by atoms with Gasteiger partial charge < -0.3 is 4.74 Å². The van der Waals surface area contributed by atoms with Crippen LogP contribution in [0.2, 0.25) is 0 Å². The van der Waals surface area contributed by atoms with Gasteiger partial charge in [0, 0.05) is 16.9 Å². The van der Waals surface area contributed by atoms with Gasteiger partial charge in [-0.3, -0.25) is 9.36 Å². The topological polar surface area (TPSA) is 44.1 Å². The van der Waals surface area contributed by atoms with Gasteiger partial charge in [0.15, 0.2) is 0 Å². The number of thiophene rings is 1. The average Bonchev–Trinajstić information content (AvgIpc) is 2.99. The zero-order valence-corrected chi connectivity index (χ0v) is 17.3. The van der Waals surface area contributed by atoms with E-state index in [2.05, 4.69) is 0 Å². The molecule has 0 aliphatic rings. The molecule has 148 valence electrons. The fourth-order valence-electron chi connectivity index (χ4n) is 3.50. The third kappa shape index (κ3) is 3.68. The van der Waals surface area contributed by atoms with E-state index in [9.17, 15) is 9.18 Å². The summed E-state index contributed by atoms with van der Waals surface area (Å²) in [5.74, 6) is 1.06. The standard InChI is InChI=1S/C23H21FN2O2S/c1-14-15(2)29-22-21(14)23(27)26(13-16-7-6-9-18(24)11-16)20(25-22)12-17-8-4-5-10-19(17)28-3/h4-11H,12-13H2,1-3H3. The first-order valence-electron chi connectivity index (χ1n) is 9.33. The fourth-order valence-corrected chi connectivity index (χ4v) is 4.54. The monoisotopic (exact) mass is 408 g/mol. The maximum absolute atomic E-state index is 13.7. The number of hydrogen-bond donors (Lipinski definition) is 0. The first-order valence-corrected chi connectivity index (χ1v) is 10.2. The number of ether oxygens (including phenoxy) is 1. The molecule has 0 saturated heterocycles. The van der Waals surface area contributed by atoms with Gasteiger partial charge in [0.2, 0.25) is 0 Å². The molecule has 2 aromatic carbocycles. The summed E-state index contributed by atoms with van der Waals surface area (Å²) < 4.78 is 20.8. The molecule has 29 heavy (non-hydrogen) atoms. The highest BCUT2D eigenvalue weighted by Gasteiger charge is 2.18. The van der Waals surface area contributed by atoms with E-state index in [1.807, 2.05) is 44.2 Å². The Morgan fingerprint density at radius 2 is 1.93 bits per heavy atom. The minimum atomic E-state index is -0.321. The van der Waals surface area contributed by atoms with Crippen molar-refractivity contribution in [2.45, 2.75) is 26.8 Å². The van der Waals surface area contributed by atoms with Crippen molar-refractivity contribution in [1.82, 2.24) is 9.55 Å². The van der Waals surface area contributed by atoms with Crippen molar-refractivity contribution < 1.29 is 9.13 Å². The SMILES string of the molecule is COc1ccccc1Cc1nc2sc(C)c(C)c2c(=O)n1Cc1cccc(F)c1. The van der Waals surface area contributed by atoms with Crippen LogP contribution >= 0.6 is 11.3 Å². The molecule has 0 atom stereocenters. The minimum absolute atomic E-state index is 0.0917. The summed E-state index contributed by atoms with van der Waals surface area (Å²) in [6.45, 7) is 4.21. The molecule has 0 unspecified atom stereocenters. The van der Waals surface area contributed by atoms with Gasteiger partial charge in [0.05, 0.1) is 19.0 Å². The third-order valence-electron chi connectivity index (χ3n) is 5.14. The van der Waals surface area contributed by atoms with Crippen LogP contribution in [-0.4, -0.2) is 16.7 Å². The van der Waals surface area contributed by atoms with E-state index in [0.29, 0.717) is 17.6 Å². The van der Waals surface area contributed by atoms with E-state index in [1.54, 1.807) is 17.7 Å². The van der Waals surface area contributed by atoms with E-state index >= 15 is 0 Å². The quantitative estimate of drug-likeness (QED) is 0.474. The lowest BCUT2D eigenvalue weighted by Crippen LogP contribution is -2.26. The number of aryl methyl sites for hydroxylation is 2. The number of benzene rings is 2. The highest BCUT2D eigenvalue weighted by molar-refractivity contribution is 7.18. The number of halogens is 1. The molecule has 0 saturated carbocycles. The average molecular weight is 408 g/mol. The van der Waals surface area contributed by atoms with Crippen molar-refractivity contribution in [3.8, 4) is 5.75 Å². The lowest BCUT2D eigenvalue weighted by atomic mass is 10.1. The fraction of sp³-hybridized carbons (Fsp3) is 0.217. The van der Waals surface area contributed by atoms with Crippen LogP contribution in [0.15, 0.2) is 53.3 Å². The van der Waals surface area contributed by atoms with Gasteiger partial charge in [-0.15, -0.1) is 11.3 Å². The Morgan fingerprint density at radius 1 is 1.14 bits per heavy atom. The van der Waals surface area contributed by atoms with Crippen LogP contribution < -0.4 is 10.3 Å². The molecule has 6 heteroatoms. The molecule has 0 amide bonds. The van der Waals surface area contributed by atoms with Gasteiger partial charge in [-0.2, -0.15) is 0 Å². The van der Waals surface area contributed by atoms with Crippen molar-refractivity contribution in [3.63, 3.8) is 0 Å². The molecule has 4 rings (SSSR count). The second-order valence-corrected chi connectivity index (χ2v) is 8.20. The zero-order chi connectivity index (χ0) is 20.5. The lowest BCUT2D eigenvalue weighted by Gasteiger charge is -2.14. The van der Waals surface area contributed by atoms with E-state index in [4.69, 9.17) is 9.72 Å². The number of para-hydroxylation sites is 1. The molecular formula is C23H21FN2O2S. The molecule has 0 aliphatic heterocycles. The van der Waals surface area contributed by atoms with E-state index in [1.165, 1.54) is 23.5 Å². The van der Waals surface area contributed by atoms with Gasteiger partial charge >= 0.3 is 0 Å². The maximum Gasteiger partial charge on any atom is 0.262 e. The number of nitrogens with zero attached hydrogens (tertiary/aromatic N) is 2. The van der Waals surface area contributed by atoms with Gasteiger partial charge in [-0.05, 0) is 43.2 Å². The molecule has 2 heterocycles. The molecular weight excluding hydrogens is 387 g/mol. The number of fused-ring (bicyclic) bond motifs is 1. The Bertz CT molecular complexity index is 1260. The molecule has 4 nitrogen and oxygen atoms in total. The predicted octanol–water partition coefficient (Wildman–Crippen LogP) is 4.86. The highest BCUT2D eigenvalue weighted by Crippen LogP contribution is 2.28. The van der Waals surface area contributed by atoms with Crippen LogP contribution in [0.1, 0.15) is 27.4 Å². The first kappa shape index (κ1) is 19.3. The summed E-state index contributed by atoms with van der Waals surface area (Å²) in [4.78, 5) is 20.1. The largest absolute Gasteiger partial charge is 0.496 e. The Labute approximate surface area is 172 Å². The molecule has 4 aromatic rings. The second-order valence-electron chi connectivity index (χ2n) is 7.00. The molecule has 0 N–H and O–H groups in total. The van der Waals surface area contributed by atoms with Gasteiger partial charge in [-0.25, -0.2) is 9.37 Å². The van der Waals surface area contributed by atoms with Crippen molar-refractivity contribution in [1.29, 1.82) is 0 Å². The Kier molecular flexibility index (Phi) is 5.20. The maximum atomic E-state index is 13.7. The normalized spacial score (nSPS) is 11.2. The predicted molar refractivity (Wildman–Crippen MR) is 115 cm³/mol. The van der Waals surface area contributed by atoms with E-state index in [-0.39, 0.29) is 17.9 Å². The summed E-state index contributed by atoms with van der Waals surface area (Å²) in [7, 11) is 1.63. The Balaban J connectivity index is 1.90. The number of rotatable bonds is 5. The van der Waals surface area contributed by atoms with Gasteiger partial charge in [0.1, 0.15) is 22.2 Å². The number of aromatic nitrogens is 2. The van der Waals surface area contributed by atoms with Crippen LogP contribution in [0.25, 0.3) is 10.2 Å². The number of hydrogen-bond acceptors (Lipinski definition) is 4. The summed E-state index contributed by atoms with van der Waals surface area (Å²) in [6.07, 6.45) is 0.445. The zero-order valence-electron chi connectivity index (χ0n) is 16.5. The molecule has 0 aliphatic carbocycles. The van der Waals surface area contributed by atoms with Gasteiger partial charge in [-0.1, -0.05) is 30.3 Å². The summed E-state index contributed by atoms with van der Waals surface area (Å²) >= 11 is 1.53. The summed E-state index contributed by atoms with van der Waals surface area (Å²) in [6, 6.07) is 14.0. The van der Waals surface area contributed by atoms with Crippen LogP contribution in [0.5, 0.6) is 5.75 Å². The molecule has 0 bridgehead atoms. The third-order valence-corrected chi connectivity index (χ3v) is 6.24. The number of methoxy groups -OCH3 is 1. The highest BCUT2D eigenvalue weighted by atomic mass is 32.1. The van der Waals surface area contributed by atoms with Crippen molar-refractivity contribution in [2.75, 3.05) is 7.11 Å². The van der Waals surface area contributed by atoms with Crippen molar-refractivity contribution in [3.05, 3.63) is 92.1 Å². The second kappa shape index (κ2) is 7.79. The molecule has 0 spiro atoms. The van der Waals surface area contributed by atoms with Crippen LogP contribution in [0, 0.1) is 19.7 Å². The molecule has 0 radical (unpaired) electrons. The molecule has 2 aromatic heterocycles. The first-order chi connectivity index (χ1) is 14.0. The van der Waals surface area contributed by atoms with Crippen LogP contribution in [-0.2, 0) is 13.0 Å². The lowest BCUT2D eigenvalue weighted by molar-refractivity contribution is 0.410. The van der Waals surface area contributed by atoms with Crippen molar-refractivity contribution >= 4 is 21.6 Å². The smallest absolute Gasteiger partial charge is 0.262 e. The minimum Gasteiger partial charge on any atom is -0.496 e. The van der Waals surface area contributed by atoms with Gasteiger partial charge in [0.25, 0.3) is 5.56 Å². The van der Waals surface area contributed by atoms with Crippen LogP contribution in [0.4, 0.5) is 4.39 Å². The van der Waals surface area contributed by atoms with Crippen LogP contribution in [0.3, 0.4) is 0 Å². The van der Waals surface area contributed by atoms with Crippen molar-refractivity contribution in [2.24, 2.45) is 0 Å². The van der Waals surface area contributed by atoms with E-state index in [0.717, 1.165) is 32.1 Å². The summed E-state index contributed by atoms with van der Waals surface area (Å²) in [5, 5.41) is 0.646. The summed E-state index contributed by atoms with van der Waals surface area (Å²) in [5.41, 5.74) is 2.53. The molecule has 0 fully saturated rings. The van der Waals surface area contributed by atoms with E-state index < -0.39 is 0 Å². The Morgan fingerprint density at radius 3 is 2.69 bits per heavy atom. The Hall–Kier alpha value is -2.99.